The second-order valence-electron chi connectivity index (χ2n) is 4.18. The molecule has 1 aliphatic heterocycles. The van der Waals surface area contributed by atoms with E-state index < -0.39 is 11.9 Å². The predicted octanol–water partition coefficient (Wildman–Crippen LogP) is 1.36. The molecule has 2 heterocycles. The third-order valence-corrected chi connectivity index (χ3v) is 2.95. The fourth-order valence-corrected chi connectivity index (χ4v) is 2.13. The number of hydrogen-bond donors (Lipinski definition) is 2. The summed E-state index contributed by atoms with van der Waals surface area (Å²) in [5, 5.41) is 5.70. The SMILES string of the molecule is Cn1cc(/C=C2/NC(=O)NC2=O)c2ccccc21. The first-order valence-electron chi connectivity index (χ1n) is 5.53. The average molecular weight is 241 g/mol. The molecule has 0 unspecified atom stereocenters. The van der Waals surface area contributed by atoms with Gasteiger partial charge in [-0.05, 0) is 12.1 Å². The van der Waals surface area contributed by atoms with Crippen LogP contribution in [0, 0.1) is 0 Å². The van der Waals surface area contributed by atoms with Gasteiger partial charge in [-0.15, -0.1) is 0 Å². The van der Waals surface area contributed by atoms with Crippen molar-refractivity contribution in [3.63, 3.8) is 0 Å². The Bertz CT molecular complexity index is 697. The molecule has 0 bridgehead atoms. The highest BCUT2D eigenvalue weighted by molar-refractivity contribution is 6.14. The minimum Gasteiger partial charge on any atom is -0.350 e. The molecule has 3 amide bonds. The highest BCUT2D eigenvalue weighted by atomic mass is 16.2. The number of hydrogen-bond acceptors (Lipinski definition) is 2. The molecule has 2 N–H and O–H groups in total. The van der Waals surface area contributed by atoms with Gasteiger partial charge in [0, 0.05) is 29.7 Å². The minimum absolute atomic E-state index is 0.274. The summed E-state index contributed by atoms with van der Waals surface area (Å²) in [6.07, 6.45) is 3.61. The maximum absolute atomic E-state index is 11.5. The zero-order valence-corrected chi connectivity index (χ0v) is 9.73. The van der Waals surface area contributed by atoms with Gasteiger partial charge in [-0.1, -0.05) is 18.2 Å². The first-order valence-corrected chi connectivity index (χ1v) is 5.53. The number of para-hydroxylation sites is 1. The summed E-state index contributed by atoms with van der Waals surface area (Å²) >= 11 is 0. The summed E-state index contributed by atoms with van der Waals surface area (Å²) < 4.78 is 1.98. The van der Waals surface area contributed by atoms with E-state index in [-0.39, 0.29) is 5.70 Å². The normalized spacial score (nSPS) is 17.3. The Kier molecular flexibility index (Phi) is 2.19. The largest absolute Gasteiger partial charge is 0.350 e. The molecule has 2 aromatic rings. The topological polar surface area (TPSA) is 63.1 Å². The van der Waals surface area contributed by atoms with Gasteiger partial charge in [0.15, 0.2) is 0 Å². The number of aryl methyl sites for hydroxylation is 1. The van der Waals surface area contributed by atoms with Crippen molar-refractivity contribution in [1.29, 1.82) is 0 Å². The summed E-state index contributed by atoms with van der Waals surface area (Å²) in [6.45, 7) is 0. The molecular weight excluding hydrogens is 230 g/mol. The summed E-state index contributed by atoms with van der Waals surface area (Å²) in [7, 11) is 1.94. The van der Waals surface area contributed by atoms with Crippen LogP contribution in [-0.4, -0.2) is 16.5 Å². The lowest BCUT2D eigenvalue weighted by Gasteiger charge is -1.94. The molecule has 1 aromatic carbocycles. The smallest absolute Gasteiger partial charge is 0.326 e. The van der Waals surface area contributed by atoms with Crippen LogP contribution in [0.5, 0.6) is 0 Å². The first kappa shape index (κ1) is 10.6. The molecule has 1 saturated heterocycles. The summed E-state index contributed by atoms with van der Waals surface area (Å²) in [5.41, 5.74) is 2.26. The molecule has 18 heavy (non-hydrogen) atoms. The van der Waals surface area contributed by atoms with Crippen LogP contribution in [0.2, 0.25) is 0 Å². The molecule has 1 fully saturated rings. The number of nitrogens with one attached hydrogen (secondary N) is 2. The van der Waals surface area contributed by atoms with Crippen molar-refractivity contribution in [2.75, 3.05) is 0 Å². The molecule has 0 aliphatic carbocycles. The van der Waals surface area contributed by atoms with E-state index in [1.807, 2.05) is 42.1 Å². The highest BCUT2D eigenvalue weighted by Crippen LogP contribution is 2.22. The Labute approximate surface area is 103 Å². The van der Waals surface area contributed by atoms with Crippen LogP contribution in [0.25, 0.3) is 17.0 Å². The Balaban J connectivity index is 2.13. The van der Waals surface area contributed by atoms with E-state index >= 15 is 0 Å². The van der Waals surface area contributed by atoms with Gasteiger partial charge in [0.05, 0.1) is 0 Å². The molecule has 5 heteroatoms. The molecule has 0 saturated carbocycles. The Morgan fingerprint density at radius 1 is 1.17 bits per heavy atom. The lowest BCUT2D eigenvalue weighted by Crippen LogP contribution is -2.22. The second kappa shape index (κ2) is 3.73. The monoisotopic (exact) mass is 241 g/mol. The van der Waals surface area contributed by atoms with Gasteiger partial charge in [0.2, 0.25) is 0 Å². The van der Waals surface area contributed by atoms with Crippen LogP contribution in [0.15, 0.2) is 36.2 Å². The number of benzene rings is 1. The molecule has 0 spiro atoms. The number of nitrogens with zero attached hydrogens (tertiary/aromatic N) is 1. The molecule has 1 aromatic heterocycles. The Morgan fingerprint density at radius 3 is 2.67 bits per heavy atom. The molecule has 0 radical (unpaired) electrons. The van der Waals surface area contributed by atoms with Crippen LogP contribution in [0.1, 0.15) is 5.56 Å². The number of amides is 3. The van der Waals surface area contributed by atoms with Gasteiger partial charge in [0.25, 0.3) is 5.91 Å². The van der Waals surface area contributed by atoms with Gasteiger partial charge >= 0.3 is 6.03 Å². The Morgan fingerprint density at radius 2 is 1.94 bits per heavy atom. The van der Waals surface area contributed by atoms with E-state index in [1.54, 1.807) is 6.08 Å². The summed E-state index contributed by atoms with van der Waals surface area (Å²) in [6, 6.07) is 7.41. The van der Waals surface area contributed by atoms with E-state index in [1.165, 1.54) is 0 Å². The average Bonchev–Trinajstić information content (AvgIpc) is 2.82. The van der Waals surface area contributed by atoms with Crippen molar-refractivity contribution >= 4 is 28.9 Å². The van der Waals surface area contributed by atoms with Gasteiger partial charge in [-0.2, -0.15) is 0 Å². The summed E-state index contributed by atoms with van der Waals surface area (Å²) in [4.78, 5) is 22.5. The van der Waals surface area contributed by atoms with Gasteiger partial charge in [-0.3, -0.25) is 10.1 Å². The lowest BCUT2D eigenvalue weighted by molar-refractivity contribution is -0.115. The quantitative estimate of drug-likeness (QED) is 0.585. The van der Waals surface area contributed by atoms with E-state index in [2.05, 4.69) is 10.6 Å². The van der Waals surface area contributed by atoms with Crippen molar-refractivity contribution < 1.29 is 9.59 Å². The Hall–Kier alpha value is -2.56. The number of urea groups is 1. The number of rotatable bonds is 1. The molecule has 1 aliphatic rings. The van der Waals surface area contributed by atoms with Crippen LogP contribution in [0.3, 0.4) is 0 Å². The van der Waals surface area contributed by atoms with Crippen LogP contribution in [0.4, 0.5) is 4.79 Å². The van der Waals surface area contributed by atoms with Crippen LogP contribution >= 0.6 is 0 Å². The lowest BCUT2D eigenvalue weighted by atomic mass is 10.1. The third kappa shape index (κ3) is 1.57. The predicted molar refractivity (Wildman–Crippen MR) is 67.6 cm³/mol. The van der Waals surface area contributed by atoms with Crippen molar-refractivity contribution in [3.8, 4) is 0 Å². The van der Waals surface area contributed by atoms with E-state index in [0.29, 0.717) is 0 Å². The van der Waals surface area contributed by atoms with Gasteiger partial charge < -0.3 is 9.88 Å². The first-order chi connectivity index (χ1) is 8.65. The zero-order valence-electron chi connectivity index (χ0n) is 9.73. The molecule has 0 atom stereocenters. The number of carbonyl (C=O) groups excluding carboxylic acids is 2. The maximum atomic E-state index is 11.5. The van der Waals surface area contributed by atoms with Crippen molar-refractivity contribution in [2.45, 2.75) is 0 Å². The molecule has 3 rings (SSSR count). The van der Waals surface area contributed by atoms with E-state index in [0.717, 1.165) is 16.5 Å². The number of imide groups is 1. The number of fused-ring (bicyclic) bond motifs is 1. The number of carbonyl (C=O) groups is 2. The zero-order chi connectivity index (χ0) is 12.7. The van der Waals surface area contributed by atoms with Gasteiger partial charge in [0.1, 0.15) is 5.70 Å². The second-order valence-corrected chi connectivity index (χ2v) is 4.18. The minimum atomic E-state index is -0.480. The molecule has 90 valence electrons. The molecular formula is C13H11N3O2. The van der Waals surface area contributed by atoms with Crippen molar-refractivity contribution in [1.82, 2.24) is 15.2 Å². The fourth-order valence-electron chi connectivity index (χ4n) is 2.13. The standard InChI is InChI=1S/C13H11N3O2/c1-16-7-8(9-4-2-3-5-11(9)16)6-10-12(17)15-13(18)14-10/h2-7H,1H3,(H2,14,15,17,18)/b10-6+. The van der Waals surface area contributed by atoms with Crippen molar-refractivity contribution in [3.05, 3.63) is 41.7 Å². The van der Waals surface area contributed by atoms with Crippen LogP contribution < -0.4 is 10.6 Å². The molecule has 5 nitrogen and oxygen atoms in total. The maximum Gasteiger partial charge on any atom is 0.326 e. The summed E-state index contributed by atoms with van der Waals surface area (Å²) in [5.74, 6) is -0.395. The number of aromatic nitrogens is 1. The van der Waals surface area contributed by atoms with Crippen molar-refractivity contribution in [2.24, 2.45) is 7.05 Å². The van der Waals surface area contributed by atoms with Gasteiger partial charge in [-0.25, -0.2) is 4.79 Å². The highest BCUT2D eigenvalue weighted by Gasteiger charge is 2.23. The third-order valence-electron chi connectivity index (χ3n) is 2.95. The van der Waals surface area contributed by atoms with Crippen LogP contribution in [-0.2, 0) is 11.8 Å². The fraction of sp³-hybridized carbons (Fsp3) is 0.0769. The van der Waals surface area contributed by atoms with E-state index in [9.17, 15) is 9.59 Å². The van der Waals surface area contributed by atoms with E-state index in [4.69, 9.17) is 0 Å².